The zero-order valence-corrected chi connectivity index (χ0v) is 7.89. The maximum Gasteiger partial charge on any atom is 0.216 e. The Kier molecular flexibility index (Phi) is 2.91. The molecule has 2 aromatic rings. The molecular weight excluding hydrogens is 176 g/mol. The van der Waals surface area contributed by atoms with Gasteiger partial charge in [0.15, 0.2) is 0 Å². The van der Waals surface area contributed by atoms with Gasteiger partial charge in [0.2, 0.25) is 12.3 Å². The van der Waals surface area contributed by atoms with Crippen LogP contribution in [0.5, 0.6) is 0 Å². The molecule has 1 aromatic carbocycles. The number of aromatic nitrogens is 2. The van der Waals surface area contributed by atoms with Crippen LogP contribution in [-0.2, 0) is 12.8 Å². The Labute approximate surface area is 82.8 Å². The van der Waals surface area contributed by atoms with Crippen LogP contribution in [0.3, 0.4) is 0 Å². The van der Waals surface area contributed by atoms with Gasteiger partial charge < -0.3 is 4.42 Å². The first-order valence-electron chi connectivity index (χ1n) is 4.74. The van der Waals surface area contributed by atoms with Gasteiger partial charge in [0.1, 0.15) is 0 Å². The normalized spacial score (nSPS) is 10.3. The minimum absolute atomic E-state index is 0.723. The molecule has 3 nitrogen and oxygen atoms in total. The summed E-state index contributed by atoms with van der Waals surface area (Å²) in [5.74, 6) is 0.723. The number of nitrogens with zero attached hydrogens (tertiary/aromatic N) is 2. The molecule has 0 saturated heterocycles. The summed E-state index contributed by atoms with van der Waals surface area (Å²) in [5, 5.41) is 7.46. The quantitative estimate of drug-likeness (QED) is 0.738. The molecular formula is C11H12N2O. The first-order valence-corrected chi connectivity index (χ1v) is 4.74. The van der Waals surface area contributed by atoms with Gasteiger partial charge in [0.05, 0.1) is 0 Å². The van der Waals surface area contributed by atoms with Crippen molar-refractivity contribution in [3.63, 3.8) is 0 Å². The molecule has 0 aliphatic heterocycles. The third-order valence-corrected chi connectivity index (χ3v) is 2.10. The van der Waals surface area contributed by atoms with Crippen molar-refractivity contribution in [3.8, 4) is 0 Å². The predicted molar refractivity (Wildman–Crippen MR) is 52.8 cm³/mol. The van der Waals surface area contributed by atoms with Gasteiger partial charge in [-0.15, -0.1) is 10.2 Å². The zero-order valence-electron chi connectivity index (χ0n) is 7.89. The highest BCUT2D eigenvalue weighted by Gasteiger charge is 1.98. The average molecular weight is 188 g/mol. The lowest BCUT2D eigenvalue weighted by Crippen LogP contribution is -1.90. The van der Waals surface area contributed by atoms with Crippen molar-refractivity contribution in [3.05, 3.63) is 48.2 Å². The van der Waals surface area contributed by atoms with E-state index in [-0.39, 0.29) is 0 Å². The molecule has 0 bridgehead atoms. The summed E-state index contributed by atoms with van der Waals surface area (Å²) in [4.78, 5) is 0. The van der Waals surface area contributed by atoms with E-state index in [1.165, 1.54) is 12.0 Å². The molecule has 1 aromatic heterocycles. The maximum atomic E-state index is 5.05. The number of benzene rings is 1. The lowest BCUT2D eigenvalue weighted by molar-refractivity contribution is 0.486. The van der Waals surface area contributed by atoms with Crippen molar-refractivity contribution in [2.45, 2.75) is 19.3 Å². The van der Waals surface area contributed by atoms with E-state index in [4.69, 9.17) is 4.42 Å². The minimum atomic E-state index is 0.723. The standard InChI is InChI=1S/C11H12N2O/c1-2-5-10(6-3-1)7-4-8-11-13-12-9-14-11/h1-3,5-6,9H,4,7-8H2. The van der Waals surface area contributed by atoms with E-state index >= 15 is 0 Å². The number of hydrogen-bond acceptors (Lipinski definition) is 3. The number of aryl methyl sites for hydroxylation is 2. The second-order valence-corrected chi connectivity index (χ2v) is 3.17. The Morgan fingerprint density at radius 3 is 2.64 bits per heavy atom. The van der Waals surface area contributed by atoms with Crippen molar-refractivity contribution in [2.24, 2.45) is 0 Å². The van der Waals surface area contributed by atoms with Gasteiger partial charge in [0.25, 0.3) is 0 Å². The molecule has 0 N–H and O–H groups in total. The minimum Gasteiger partial charge on any atom is -0.428 e. The summed E-state index contributed by atoms with van der Waals surface area (Å²) < 4.78 is 5.05. The molecule has 0 aliphatic rings. The second-order valence-electron chi connectivity index (χ2n) is 3.17. The molecule has 0 unspecified atom stereocenters. The van der Waals surface area contributed by atoms with E-state index in [1.807, 2.05) is 6.07 Å². The van der Waals surface area contributed by atoms with Crippen molar-refractivity contribution >= 4 is 0 Å². The molecule has 0 aliphatic carbocycles. The molecule has 0 amide bonds. The topological polar surface area (TPSA) is 38.9 Å². The Hall–Kier alpha value is -1.64. The van der Waals surface area contributed by atoms with Crippen molar-refractivity contribution in [1.29, 1.82) is 0 Å². The van der Waals surface area contributed by atoms with Crippen LogP contribution in [0.2, 0.25) is 0 Å². The molecule has 72 valence electrons. The Balaban J connectivity index is 1.79. The number of rotatable bonds is 4. The van der Waals surface area contributed by atoms with Crippen molar-refractivity contribution in [2.75, 3.05) is 0 Å². The number of hydrogen-bond donors (Lipinski definition) is 0. The van der Waals surface area contributed by atoms with Gasteiger partial charge in [-0.25, -0.2) is 0 Å². The Bertz CT molecular complexity index is 356. The van der Waals surface area contributed by atoms with Crippen molar-refractivity contribution in [1.82, 2.24) is 10.2 Å². The van der Waals surface area contributed by atoms with E-state index in [9.17, 15) is 0 Å². The zero-order chi connectivity index (χ0) is 9.64. The van der Waals surface area contributed by atoms with Crippen LogP contribution in [0.25, 0.3) is 0 Å². The van der Waals surface area contributed by atoms with Gasteiger partial charge in [-0.1, -0.05) is 30.3 Å². The highest BCUT2D eigenvalue weighted by Crippen LogP contribution is 2.05. The molecule has 2 rings (SSSR count). The summed E-state index contributed by atoms with van der Waals surface area (Å²) in [6, 6.07) is 10.4. The van der Waals surface area contributed by atoms with E-state index in [1.54, 1.807) is 0 Å². The fourth-order valence-corrected chi connectivity index (χ4v) is 1.39. The van der Waals surface area contributed by atoms with Crippen LogP contribution < -0.4 is 0 Å². The van der Waals surface area contributed by atoms with E-state index < -0.39 is 0 Å². The summed E-state index contributed by atoms with van der Waals surface area (Å²) in [7, 11) is 0. The summed E-state index contributed by atoms with van der Waals surface area (Å²) >= 11 is 0. The molecule has 3 heteroatoms. The first-order chi connectivity index (χ1) is 6.95. The fourth-order valence-electron chi connectivity index (χ4n) is 1.39. The van der Waals surface area contributed by atoms with Crippen LogP contribution in [0.4, 0.5) is 0 Å². The first kappa shape index (κ1) is 8.94. The Morgan fingerprint density at radius 1 is 1.07 bits per heavy atom. The average Bonchev–Trinajstić information content (AvgIpc) is 2.72. The predicted octanol–water partition coefficient (Wildman–Crippen LogP) is 2.24. The lowest BCUT2D eigenvalue weighted by atomic mass is 10.1. The maximum absolute atomic E-state index is 5.05. The molecule has 0 saturated carbocycles. The van der Waals surface area contributed by atoms with Gasteiger partial charge in [-0.2, -0.15) is 0 Å². The largest absolute Gasteiger partial charge is 0.428 e. The van der Waals surface area contributed by atoms with Crippen LogP contribution >= 0.6 is 0 Å². The summed E-state index contributed by atoms with van der Waals surface area (Å²) in [6.45, 7) is 0. The lowest BCUT2D eigenvalue weighted by Gasteiger charge is -1.97. The van der Waals surface area contributed by atoms with Gasteiger partial charge in [-0.05, 0) is 18.4 Å². The molecule has 0 atom stereocenters. The van der Waals surface area contributed by atoms with Crippen LogP contribution in [0, 0.1) is 0 Å². The molecule has 0 fully saturated rings. The molecule has 1 heterocycles. The van der Waals surface area contributed by atoms with Crippen LogP contribution in [-0.4, -0.2) is 10.2 Å². The van der Waals surface area contributed by atoms with Crippen molar-refractivity contribution < 1.29 is 4.42 Å². The molecule has 0 spiro atoms. The summed E-state index contributed by atoms with van der Waals surface area (Å²) in [5.41, 5.74) is 1.35. The van der Waals surface area contributed by atoms with Crippen LogP contribution in [0.15, 0.2) is 41.1 Å². The third-order valence-electron chi connectivity index (χ3n) is 2.10. The van der Waals surface area contributed by atoms with E-state index in [0.29, 0.717) is 0 Å². The van der Waals surface area contributed by atoms with Crippen LogP contribution in [0.1, 0.15) is 17.9 Å². The SMILES string of the molecule is c1ccc(CCCc2nnco2)cc1. The highest BCUT2D eigenvalue weighted by molar-refractivity contribution is 5.14. The monoisotopic (exact) mass is 188 g/mol. The van der Waals surface area contributed by atoms with E-state index in [2.05, 4.69) is 34.5 Å². The molecule has 14 heavy (non-hydrogen) atoms. The fraction of sp³-hybridized carbons (Fsp3) is 0.273. The summed E-state index contributed by atoms with van der Waals surface area (Å²) in [6.07, 6.45) is 4.34. The van der Waals surface area contributed by atoms with E-state index in [0.717, 1.165) is 25.2 Å². The van der Waals surface area contributed by atoms with Gasteiger partial charge in [0, 0.05) is 6.42 Å². The van der Waals surface area contributed by atoms with Gasteiger partial charge in [-0.3, -0.25) is 0 Å². The molecule has 0 radical (unpaired) electrons. The smallest absolute Gasteiger partial charge is 0.216 e. The van der Waals surface area contributed by atoms with Gasteiger partial charge >= 0.3 is 0 Å². The third kappa shape index (κ3) is 2.42. The second kappa shape index (κ2) is 4.56. The Morgan fingerprint density at radius 2 is 1.93 bits per heavy atom. The highest BCUT2D eigenvalue weighted by atomic mass is 16.4.